The molecule has 2 nitrogen and oxygen atoms in total. The Balaban J connectivity index is 2.77. The van der Waals surface area contributed by atoms with Gasteiger partial charge in [-0.25, -0.2) is 4.39 Å². The van der Waals surface area contributed by atoms with Crippen molar-refractivity contribution in [3.05, 3.63) is 29.3 Å². The van der Waals surface area contributed by atoms with E-state index in [1.54, 1.807) is 0 Å². The maximum absolute atomic E-state index is 12.2. The van der Waals surface area contributed by atoms with Crippen LogP contribution in [-0.4, -0.2) is 31.5 Å². The SMILES string of the molecule is Cc1ccc(N(C)CC(O)CF)c(C)c1. The van der Waals surface area contributed by atoms with Crippen LogP contribution in [0.2, 0.25) is 0 Å². The fourth-order valence-electron chi connectivity index (χ4n) is 1.70. The smallest absolute Gasteiger partial charge is 0.117 e. The fourth-order valence-corrected chi connectivity index (χ4v) is 1.70. The number of aliphatic hydroxyl groups excluding tert-OH is 1. The quantitative estimate of drug-likeness (QED) is 0.824. The summed E-state index contributed by atoms with van der Waals surface area (Å²) in [5.41, 5.74) is 3.38. The summed E-state index contributed by atoms with van der Waals surface area (Å²) in [5.74, 6) is 0. The van der Waals surface area contributed by atoms with E-state index in [1.807, 2.05) is 37.9 Å². The number of rotatable bonds is 4. The molecule has 0 aliphatic heterocycles. The molecule has 0 spiro atoms. The number of halogens is 1. The van der Waals surface area contributed by atoms with Gasteiger partial charge in [0.1, 0.15) is 6.67 Å². The number of aryl methyl sites for hydroxylation is 2. The van der Waals surface area contributed by atoms with Gasteiger partial charge in [0.25, 0.3) is 0 Å². The second-order valence-electron chi connectivity index (χ2n) is 3.98. The standard InChI is InChI=1S/C12H18FNO/c1-9-4-5-12(10(2)6-9)14(3)8-11(15)7-13/h4-6,11,15H,7-8H2,1-3H3. The van der Waals surface area contributed by atoms with Gasteiger partial charge in [0.05, 0.1) is 6.10 Å². The zero-order valence-electron chi connectivity index (χ0n) is 9.50. The molecule has 15 heavy (non-hydrogen) atoms. The second-order valence-corrected chi connectivity index (χ2v) is 3.98. The Bertz CT molecular complexity index is 327. The van der Waals surface area contributed by atoms with E-state index in [-0.39, 0.29) is 0 Å². The number of likely N-dealkylation sites (N-methyl/N-ethyl adjacent to an activating group) is 1. The summed E-state index contributed by atoms with van der Waals surface area (Å²) in [6.07, 6.45) is -0.907. The first kappa shape index (κ1) is 12.0. The van der Waals surface area contributed by atoms with Crippen molar-refractivity contribution >= 4 is 5.69 Å². The van der Waals surface area contributed by atoms with E-state index < -0.39 is 12.8 Å². The lowest BCUT2D eigenvalue weighted by Crippen LogP contribution is -2.30. The molecular formula is C12H18FNO. The lowest BCUT2D eigenvalue weighted by atomic mass is 10.1. The highest BCUT2D eigenvalue weighted by Gasteiger charge is 2.09. The minimum atomic E-state index is -0.907. The second kappa shape index (κ2) is 5.12. The Kier molecular flexibility index (Phi) is 4.09. The molecule has 1 rings (SSSR count). The van der Waals surface area contributed by atoms with Gasteiger partial charge in [0.2, 0.25) is 0 Å². The summed E-state index contributed by atoms with van der Waals surface area (Å²) in [4.78, 5) is 1.87. The Morgan fingerprint density at radius 2 is 2.07 bits per heavy atom. The number of nitrogens with zero attached hydrogens (tertiary/aromatic N) is 1. The largest absolute Gasteiger partial charge is 0.389 e. The first-order chi connectivity index (χ1) is 7.04. The topological polar surface area (TPSA) is 23.5 Å². The van der Waals surface area contributed by atoms with Crippen LogP contribution in [0, 0.1) is 13.8 Å². The van der Waals surface area contributed by atoms with E-state index in [0.29, 0.717) is 6.54 Å². The maximum atomic E-state index is 12.2. The molecule has 0 radical (unpaired) electrons. The van der Waals surface area contributed by atoms with E-state index >= 15 is 0 Å². The molecule has 84 valence electrons. The summed E-state index contributed by atoms with van der Waals surface area (Å²) in [6, 6.07) is 6.09. The Morgan fingerprint density at radius 3 is 2.60 bits per heavy atom. The van der Waals surface area contributed by atoms with Gasteiger partial charge in [-0.05, 0) is 25.5 Å². The van der Waals surface area contributed by atoms with Crippen LogP contribution in [0.1, 0.15) is 11.1 Å². The summed E-state index contributed by atoms with van der Waals surface area (Å²) in [5, 5.41) is 9.22. The highest BCUT2D eigenvalue weighted by Crippen LogP contribution is 2.19. The summed E-state index contributed by atoms with van der Waals surface area (Å²) in [6.45, 7) is 3.67. The number of anilines is 1. The molecule has 0 aromatic heterocycles. The summed E-state index contributed by atoms with van der Waals surface area (Å²) in [7, 11) is 1.86. The zero-order valence-corrected chi connectivity index (χ0v) is 9.50. The third kappa shape index (κ3) is 3.20. The molecule has 0 amide bonds. The van der Waals surface area contributed by atoms with Gasteiger partial charge in [0, 0.05) is 19.3 Å². The monoisotopic (exact) mass is 211 g/mol. The normalized spacial score (nSPS) is 12.6. The molecule has 1 aromatic carbocycles. The van der Waals surface area contributed by atoms with Crippen LogP contribution in [0.5, 0.6) is 0 Å². The molecule has 0 aliphatic rings. The summed E-state index contributed by atoms with van der Waals surface area (Å²) < 4.78 is 12.2. The molecule has 0 aliphatic carbocycles. The molecule has 3 heteroatoms. The van der Waals surface area contributed by atoms with Crippen molar-refractivity contribution in [1.29, 1.82) is 0 Å². The first-order valence-corrected chi connectivity index (χ1v) is 5.07. The van der Waals surface area contributed by atoms with Gasteiger partial charge in [-0.2, -0.15) is 0 Å². The van der Waals surface area contributed by atoms with Crippen molar-refractivity contribution in [2.24, 2.45) is 0 Å². The lowest BCUT2D eigenvalue weighted by molar-refractivity contribution is 0.146. The summed E-state index contributed by atoms with van der Waals surface area (Å²) >= 11 is 0. The van der Waals surface area contributed by atoms with Crippen LogP contribution >= 0.6 is 0 Å². The van der Waals surface area contributed by atoms with Gasteiger partial charge in [-0.15, -0.1) is 0 Å². The minimum Gasteiger partial charge on any atom is -0.389 e. The third-order valence-electron chi connectivity index (χ3n) is 2.43. The lowest BCUT2D eigenvalue weighted by Gasteiger charge is -2.23. The number of hydrogen-bond acceptors (Lipinski definition) is 2. The van der Waals surface area contributed by atoms with Crippen molar-refractivity contribution in [2.75, 3.05) is 25.2 Å². The van der Waals surface area contributed by atoms with Gasteiger partial charge < -0.3 is 10.0 Å². The van der Waals surface area contributed by atoms with Crippen LogP contribution in [-0.2, 0) is 0 Å². The molecule has 0 saturated heterocycles. The molecule has 1 aromatic rings. The Labute approximate surface area is 90.3 Å². The highest BCUT2D eigenvalue weighted by molar-refractivity contribution is 5.53. The molecule has 1 unspecified atom stereocenters. The van der Waals surface area contributed by atoms with E-state index in [9.17, 15) is 9.50 Å². The predicted molar refractivity (Wildman–Crippen MR) is 61.2 cm³/mol. The highest BCUT2D eigenvalue weighted by atomic mass is 19.1. The average molecular weight is 211 g/mol. The van der Waals surface area contributed by atoms with E-state index in [1.165, 1.54) is 5.56 Å². The molecule has 1 atom stereocenters. The average Bonchev–Trinajstić information content (AvgIpc) is 2.17. The Morgan fingerprint density at radius 1 is 1.40 bits per heavy atom. The van der Waals surface area contributed by atoms with Crippen molar-refractivity contribution in [3.63, 3.8) is 0 Å². The number of aliphatic hydroxyl groups is 1. The van der Waals surface area contributed by atoms with E-state index in [0.717, 1.165) is 11.3 Å². The van der Waals surface area contributed by atoms with Crippen molar-refractivity contribution < 1.29 is 9.50 Å². The van der Waals surface area contributed by atoms with E-state index in [4.69, 9.17) is 0 Å². The van der Waals surface area contributed by atoms with Crippen molar-refractivity contribution in [3.8, 4) is 0 Å². The van der Waals surface area contributed by atoms with E-state index in [2.05, 4.69) is 6.07 Å². The van der Waals surface area contributed by atoms with Crippen LogP contribution in [0.25, 0.3) is 0 Å². The van der Waals surface area contributed by atoms with Gasteiger partial charge >= 0.3 is 0 Å². The zero-order chi connectivity index (χ0) is 11.4. The van der Waals surface area contributed by atoms with Gasteiger partial charge in [-0.3, -0.25) is 0 Å². The molecular weight excluding hydrogens is 193 g/mol. The van der Waals surface area contributed by atoms with Gasteiger partial charge in [-0.1, -0.05) is 17.7 Å². The predicted octanol–water partition coefficient (Wildman–Crippen LogP) is 2.07. The molecule has 0 fully saturated rings. The first-order valence-electron chi connectivity index (χ1n) is 5.07. The maximum Gasteiger partial charge on any atom is 0.117 e. The van der Waals surface area contributed by atoms with Crippen LogP contribution in [0.4, 0.5) is 10.1 Å². The van der Waals surface area contributed by atoms with Crippen LogP contribution in [0.3, 0.4) is 0 Å². The number of alkyl halides is 1. The molecule has 1 N–H and O–H groups in total. The molecule has 0 bridgehead atoms. The number of benzene rings is 1. The third-order valence-corrected chi connectivity index (χ3v) is 2.43. The van der Waals surface area contributed by atoms with Gasteiger partial charge in [0.15, 0.2) is 0 Å². The number of hydrogen-bond donors (Lipinski definition) is 1. The Hall–Kier alpha value is -1.09. The van der Waals surface area contributed by atoms with Crippen LogP contribution < -0.4 is 4.90 Å². The minimum absolute atomic E-state index is 0.320. The molecule has 0 saturated carbocycles. The van der Waals surface area contributed by atoms with Crippen molar-refractivity contribution in [2.45, 2.75) is 20.0 Å². The van der Waals surface area contributed by atoms with Crippen molar-refractivity contribution in [1.82, 2.24) is 0 Å². The molecule has 0 heterocycles. The van der Waals surface area contributed by atoms with Crippen LogP contribution in [0.15, 0.2) is 18.2 Å². The fraction of sp³-hybridized carbons (Fsp3) is 0.500.